The van der Waals surface area contributed by atoms with Gasteiger partial charge in [0.05, 0.1) is 28.7 Å². The highest BCUT2D eigenvalue weighted by Gasteiger charge is 2.13. The normalized spacial score (nSPS) is 10.8. The predicted octanol–water partition coefficient (Wildman–Crippen LogP) is 2.47. The molecule has 0 bridgehead atoms. The lowest BCUT2D eigenvalue weighted by atomic mass is 10.2. The molecule has 0 aliphatic carbocycles. The molecule has 0 aromatic carbocycles. The Kier molecular flexibility index (Phi) is 2.64. The minimum Gasteiger partial charge on any atom is -0.479 e. The number of aryl methyl sites for hydroxylation is 1. The summed E-state index contributed by atoms with van der Waals surface area (Å²) in [4.78, 5) is 8.53. The van der Waals surface area contributed by atoms with Gasteiger partial charge in [0.1, 0.15) is 5.52 Å². The average molecular weight is 258 g/mol. The summed E-state index contributed by atoms with van der Waals surface area (Å²) in [6, 6.07) is 3.87. The van der Waals surface area contributed by atoms with Crippen LogP contribution in [0.1, 0.15) is 5.69 Å². The van der Waals surface area contributed by atoms with Gasteiger partial charge >= 0.3 is 0 Å². The first-order valence-corrected chi connectivity index (χ1v) is 6.24. The predicted molar refractivity (Wildman–Crippen MR) is 69.7 cm³/mol. The van der Waals surface area contributed by atoms with Crippen molar-refractivity contribution >= 4 is 21.6 Å². The largest absolute Gasteiger partial charge is 0.479 e. The number of methoxy groups -OCH3 is 1. The van der Waals surface area contributed by atoms with E-state index in [4.69, 9.17) is 4.74 Å². The zero-order chi connectivity index (χ0) is 12.5. The van der Waals surface area contributed by atoms with Gasteiger partial charge in [-0.1, -0.05) is 0 Å². The Morgan fingerprint density at radius 1 is 1.17 bits per heavy atom. The van der Waals surface area contributed by atoms with Gasteiger partial charge in [-0.05, 0) is 19.1 Å². The lowest BCUT2D eigenvalue weighted by molar-refractivity contribution is 0.402. The molecule has 90 valence electrons. The van der Waals surface area contributed by atoms with Gasteiger partial charge in [0.2, 0.25) is 5.88 Å². The Labute approximate surface area is 108 Å². The summed E-state index contributed by atoms with van der Waals surface area (Å²) >= 11 is 1.54. The second-order valence-electron chi connectivity index (χ2n) is 3.77. The molecule has 0 spiro atoms. The number of hydrogen-bond donors (Lipinski definition) is 0. The number of ether oxygens (including phenoxy) is 1. The van der Waals surface area contributed by atoms with Crippen LogP contribution in [-0.2, 0) is 0 Å². The molecule has 0 atom stereocenters. The Hall–Kier alpha value is -2.08. The molecule has 3 rings (SSSR count). The Bertz CT molecular complexity index is 693. The first-order chi connectivity index (χ1) is 8.79. The highest BCUT2D eigenvalue weighted by molar-refractivity contribution is 7.17. The van der Waals surface area contributed by atoms with E-state index in [-0.39, 0.29) is 0 Å². The molecule has 18 heavy (non-hydrogen) atoms. The first kappa shape index (κ1) is 11.0. The lowest BCUT2D eigenvalue weighted by Crippen LogP contribution is -1.93. The molecule has 0 saturated heterocycles. The Balaban J connectivity index is 2.24. The van der Waals surface area contributed by atoms with Gasteiger partial charge in [-0.15, -0.1) is 11.3 Å². The molecule has 0 unspecified atom stereocenters. The fourth-order valence-electron chi connectivity index (χ4n) is 1.71. The number of aromatic nitrogens is 4. The number of rotatable bonds is 2. The molecular formula is C12H10N4OS. The zero-order valence-corrected chi connectivity index (χ0v) is 10.7. The van der Waals surface area contributed by atoms with Crippen molar-refractivity contribution in [2.45, 2.75) is 6.92 Å². The molecule has 0 N–H and O–H groups in total. The van der Waals surface area contributed by atoms with Gasteiger partial charge in [-0.25, -0.2) is 9.97 Å². The third kappa shape index (κ3) is 1.70. The van der Waals surface area contributed by atoms with E-state index in [0.29, 0.717) is 5.88 Å². The zero-order valence-electron chi connectivity index (χ0n) is 9.91. The molecule has 0 amide bonds. The molecule has 5 nitrogen and oxygen atoms in total. The minimum atomic E-state index is 0.537. The smallest absolute Gasteiger partial charge is 0.241 e. The summed E-state index contributed by atoms with van der Waals surface area (Å²) in [5.41, 5.74) is 5.16. The second kappa shape index (κ2) is 4.30. The summed E-state index contributed by atoms with van der Waals surface area (Å²) in [6.45, 7) is 1.91. The van der Waals surface area contributed by atoms with E-state index in [0.717, 1.165) is 27.2 Å². The summed E-state index contributed by atoms with van der Waals surface area (Å²) in [5, 5.41) is 8.25. The van der Waals surface area contributed by atoms with Crippen molar-refractivity contribution in [1.82, 2.24) is 20.2 Å². The SMILES string of the molecule is COc1ncc(-c2ccc(C)nn2)c2scnc12. The molecule has 6 heteroatoms. The minimum absolute atomic E-state index is 0.537. The van der Waals surface area contributed by atoms with Crippen LogP contribution in [0, 0.1) is 6.92 Å². The van der Waals surface area contributed by atoms with Crippen molar-refractivity contribution in [3.05, 3.63) is 29.5 Å². The fraction of sp³-hybridized carbons (Fsp3) is 0.167. The van der Waals surface area contributed by atoms with Crippen LogP contribution in [0.4, 0.5) is 0 Å². The van der Waals surface area contributed by atoms with Crippen molar-refractivity contribution in [2.75, 3.05) is 7.11 Å². The van der Waals surface area contributed by atoms with Gasteiger partial charge in [-0.2, -0.15) is 10.2 Å². The summed E-state index contributed by atoms with van der Waals surface area (Å²) < 4.78 is 6.21. The van der Waals surface area contributed by atoms with Gasteiger partial charge in [0, 0.05) is 11.8 Å². The maximum atomic E-state index is 5.19. The number of nitrogens with zero attached hydrogens (tertiary/aromatic N) is 4. The summed E-state index contributed by atoms with van der Waals surface area (Å²) in [5.74, 6) is 0.537. The number of fused-ring (bicyclic) bond motifs is 1. The van der Waals surface area contributed by atoms with E-state index in [1.807, 2.05) is 19.1 Å². The van der Waals surface area contributed by atoms with E-state index in [1.54, 1.807) is 30.2 Å². The molecule has 3 aromatic rings. The van der Waals surface area contributed by atoms with Gasteiger partial charge in [0.15, 0.2) is 0 Å². The molecule has 3 heterocycles. The van der Waals surface area contributed by atoms with Crippen molar-refractivity contribution in [3.8, 4) is 17.1 Å². The molecule has 0 aliphatic rings. The summed E-state index contributed by atoms with van der Waals surface area (Å²) in [6.07, 6.45) is 1.75. The van der Waals surface area contributed by atoms with Crippen LogP contribution in [-0.4, -0.2) is 27.3 Å². The highest BCUT2D eigenvalue weighted by atomic mass is 32.1. The third-order valence-corrected chi connectivity index (χ3v) is 3.45. The molecule has 3 aromatic heterocycles. The molecular weight excluding hydrogens is 248 g/mol. The van der Waals surface area contributed by atoms with Crippen LogP contribution in [0.3, 0.4) is 0 Å². The molecule has 0 aliphatic heterocycles. The molecule has 0 radical (unpaired) electrons. The maximum Gasteiger partial charge on any atom is 0.241 e. The monoisotopic (exact) mass is 258 g/mol. The maximum absolute atomic E-state index is 5.19. The molecule has 0 fully saturated rings. The van der Waals surface area contributed by atoms with Crippen LogP contribution in [0.2, 0.25) is 0 Å². The third-order valence-electron chi connectivity index (χ3n) is 2.59. The van der Waals surface area contributed by atoms with Crippen molar-refractivity contribution < 1.29 is 4.74 Å². The second-order valence-corrected chi connectivity index (χ2v) is 4.63. The van der Waals surface area contributed by atoms with Gasteiger partial charge < -0.3 is 4.74 Å². The van der Waals surface area contributed by atoms with Gasteiger partial charge in [0.25, 0.3) is 0 Å². The molecule has 0 saturated carbocycles. The van der Waals surface area contributed by atoms with Crippen LogP contribution >= 0.6 is 11.3 Å². The van der Waals surface area contributed by atoms with E-state index in [1.165, 1.54) is 0 Å². The van der Waals surface area contributed by atoms with Crippen LogP contribution in [0.25, 0.3) is 21.5 Å². The topological polar surface area (TPSA) is 60.8 Å². The standard InChI is InChI=1S/C12H10N4OS/c1-7-3-4-9(16-15-7)8-5-13-12(17-2)10-11(8)18-6-14-10/h3-6H,1-2H3. The summed E-state index contributed by atoms with van der Waals surface area (Å²) in [7, 11) is 1.59. The fourth-order valence-corrected chi connectivity index (χ4v) is 2.51. The number of pyridine rings is 1. The van der Waals surface area contributed by atoms with Gasteiger partial charge in [-0.3, -0.25) is 0 Å². The Morgan fingerprint density at radius 3 is 2.78 bits per heavy atom. The Morgan fingerprint density at radius 2 is 2.06 bits per heavy atom. The van der Waals surface area contributed by atoms with E-state index < -0.39 is 0 Å². The first-order valence-electron chi connectivity index (χ1n) is 5.36. The number of hydrogen-bond acceptors (Lipinski definition) is 6. The van der Waals surface area contributed by atoms with Crippen molar-refractivity contribution in [1.29, 1.82) is 0 Å². The highest BCUT2D eigenvalue weighted by Crippen LogP contribution is 2.33. The van der Waals surface area contributed by atoms with Crippen LogP contribution in [0.5, 0.6) is 5.88 Å². The number of thiazole rings is 1. The van der Waals surface area contributed by atoms with E-state index in [2.05, 4.69) is 20.2 Å². The average Bonchev–Trinajstić information content (AvgIpc) is 2.88. The van der Waals surface area contributed by atoms with Crippen LogP contribution in [0.15, 0.2) is 23.8 Å². The van der Waals surface area contributed by atoms with E-state index >= 15 is 0 Å². The van der Waals surface area contributed by atoms with E-state index in [9.17, 15) is 0 Å². The quantitative estimate of drug-likeness (QED) is 0.706. The van der Waals surface area contributed by atoms with Crippen molar-refractivity contribution in [3.63, 3.8) is 0 Å². The van der Waals surface area contributed by atoms with Crippen LogP contribution < -0.4 is 4.74 Å². The lowest BCUT2D eigenvalue weighted by Gasteiger charge is -2.04. The van der Waals surface area contributed by atoms with Crippen molar-refractivity contribution in [2.24, 2.45) is 0 Å².